The van der Waals surface area contributed by atoms with Crippen LogP contribution in [0.25, 0.3) is 0 Å². The Morgan fingerprint density at radius 1 is 0.688 bits per heavy atom. The standard InChI is InChI=1S/C21H32O7.C8H14O4.C6H8O2/c1-3-5-7-9-19(24)13-18(14-22)16-26-11-12-27-17-20(15-23)28-21(25)10-8-6-4-2;1(9-3-7-5-11-7)2-10-4-8-6-12-8;1-2-3-4-5-6(7)8/h3-10,18,20,22-23H,11-17H2,1-2H3;7-8H,1-6H2;2-5H,1H3,(H,7,8)/b5-3+,6-4+,9-7+,10-8+;;3-2+,5-4+. The number of aliphatic hydroxyl groups is 2. The molecule has 2 aliphatic rings. The number of hydrogen-bond donors (Lipinski definition) is 3. The average Bonchev–Trinajstić information content (AvgIpc) is 4.01. The minimum atomic E-state index is -0.914. The van der Waals surface area contributed by atoms with Gasteiger partial charge >= 0.3 is 11.9 Å². The maximum Gasteiger partial charge on any atom is 0.331 e. The summed E-state index contributed by atoms with van der Waals surface area (Å²) in [7, 11) is 0. The van der Waals surface area contributed by atoms with Crippen molar-refractivity contribution >= 4 is 17.7 Å². The monoisotopic (exact) mass is 682 g/mol. The van der Waals surface area contributed by atoms with Gasteiger partial charge in [-0.25, -0.2) is 9.59 Å². The zero-order chi connectivity index (χ0) is 35.7. The summed E-state index contributed by atoms with van der Waals surface area (Å²) in [5.74, 6) is -1.83. The van der Waals surface area contributed by atoms with E-state index >= 15 is 0 Å². The zero-order valence-electron chi connectivity index (χ0n) is 28.4. The number of rotatable bonds is 25. The predicted octanol–water partition coefficient (Wildman–Crippen LogP) is 2.78. The Labute approximate surface area is 284 Å². The molecule has 0 spiro atoms. The molecule has 2 aliphatic heterocycles. The van der Waals surface area contributed by atoms with E-state index in [1.165, 1.54) is 18.2 Å². The fourth-order valence-corrected chi connectivity index (χ4v) is 3.08. The molecular formula is C35H54O13. The molecule has 2 fully saturated rings. The molecule has 272 valence electrons. The minimum Gasteiger partial charge on any atom is -0.478 e. The van der Waals surface area contributed by atoms with Gasteiger partial charge in [0.15, 0.2) is 5.78 Å². The highest BCUT2D eigenvalue weighted by atomic mass is 16.6. The van der Waals surface area contributed by atoms with E-state index in [0.29, 0.717) is 38.6 Å². The Kier molecular flexibility index (Phi) is 30.1. The van der Waals surface area contributed by atoms with Gasteiger partial charge in [-0.05, 0) is 26.8 Å². The maximum atomic E-state index is 11.7. The summed E-state index contributed by atoms with van der Waals surface area (Å²) in [6, 6.07) is 0. The number of carbonyl (C=O) groups excluding carboxylic acids is 2. The fourth-order valence-electron chi connectivity index (χ4n) is 3.08. The second-order valence-corrected chi connectivity index (χ2v) is 10.2. The summed E-state index contributed by atoms with van der Waals surface area (Å²) in [5.41, 5.74) is 0. The summed E-state index contributed by atoms with van der Waals surface area (Å²) >= 11 is 0. The third-order valence-corrected chi connectivity index (χ3v) is 5.71. The van der Waals surface area contributed by atoms with Crippen LogP contribution < -0.4 is 0 Å². The second-order valence-electron chi connectivity index (χ2n) is 10.2. The van der Waals surface area contributed by atoms with E-state index < -0.39 is 18.0 Å². The Morgan fingerprint density at radius 2 is 1.17 bits per heavy atom. The number of ether oxygens (including phenoxy) is 7. The molecule has 4 atom stereocenters. The summed E-state index contributed by atoms with van der Waals surface area (Å²) in [6.07, 6.45) is 19.1. The van der Waals surface area contributed by atoms with Gasteiger partial charge in [-0.3, -0.25) is 4.79 Å². The topological polar surface area (TPSA) is 183 Å². The van der Waals surface area contributed by atoms with Gasteiger partial charge in [0.1, 0.15) is 18.3 Å². The lowest BCUT2D eigenvalue weighted by Crippen LogP contribution is -2.27. The van der Waals surface area contributed by atoms with Gasteiger partial charge in [0.2, 0.25) is 0 Å². The van der Waals surface area contributed by atoms with E-state index in [1.54, 1.807) is 42.5 Å². The van der Waals surface area contributed by atoms with Crippen molar-refractivity contribution in [1.29, 1.82) is 0 Å². The Bertz CT molecular complexity index is 944. The minimum absolute atomic E-state index is 0.0424. The van der Waals surface area contributed by atoms with Crippen molar-refractivity contribution in [2.24, 2.45) is 5.92 Å². The molecule has 2 heterocycles. The Hall–Kier alpha value is -3.27. The van der Waals surface area contributed by atoms with E-state index in [2.05, 4.69) is 0 Å². The molecule has 0 aliphatic carbocycles. The number of carboxylic acids is 1. The number of esters is 1. The van der Waals surface area contributed by atoms with Gasteiger partial charge in [-0.2, -0.15) is 0 Å². The van der Waals surface area contributed by atoms with Crippen molar-refractivity contribution in [2.75, 3.05) is 79.3 Å². The molecule has 0 saturated carbocycles. The molecule has 2 rings (SSSR count). The molecule has 0 aromatic rings. The first-order chi connectivity index (χ1) is 23.3. The van der Waals surface area contributed by atoms with Crippen molar-refractivity contribution in [3.8, 4) is 0 Å². The van der Waals surface area contributed by atoms with Gasteiger partial charge < -0.3 is 48.5 Å². The quantitative estimate of drug-likeness (QED) is 0.0421. The van der Waals surface area contributed by atoms with E-state index in [4.69, 9.17) is 38.3 Å². The lowest BCUT2D eigenvalue weighted by Gasteiger charge is -2.15. The van der Waals surface area contributed by atoms with E-state index in [9.17, 15) is 24.6 Å². The Morgan fingerprint density at radius 3 is 1.62 bits per heavy atom. The number of aliphatic hydroxyl groups excluding tert-OH is 2. The van der Waals surface area contributed by atoms with Crippen LogP contribution in [0.1, 0.15) is 27.2 Å². The van der Waals surface area contributed by atoms with Crippen LogP contribution >= 0.6 is 0 Å². The number of carbonyl (C=O) groups is 3. The summed E-state index contributed by atoms with van der Waals surface area (Å²) < 4.78 is 36.3. The van der Waals surface area contributed by atoms with Crippen LogP contribution in [0.3, 0.4) is 0 Å². The first-order valence-corrected chi connectivity index (χ1v) is 15.9. The van der Waals surface area contributed by atoms with Crippen LogP contribution in [0.4, 0.5) is 0 Å². The molecular weight excluding hydrogens is 628 g/mol. The number of allylic oxidation sites excluding steroid dienone is 10. The SMILES string of the molecule is C(COCC1CO1)OCC1CO1.C/C=C/C=C/C(=O)CC(CO)COCCOCC(CO)OC(=O)/C=C/C=C/C.C/C=C/C=C/C(=O)O. The summed E-state index contributed by atoms with van der Waals surface area (Å²) in [5, 5.41) is 26.6. The summed E-state index contributed by atoms with van der Waals surface area (Å²) in [4.78, 5) is 33.0. The highest BCUT2D eigenvalue weighted by molar-refractivity contribution is 5.90. The van der Waals surface area contributed by atoms with Gasteiger partial charge in [-0.1, -0.05) is 54.7 Å². The zero-order valence-corrected chi connectivity index (χ0v) is 28.4. The van der Waals surface area contributed by atoms with Crippen molar-refractivity contribution in [1.82, 2.24) is 0 Å². The number of aliphatic carboxylic acids is 1. The van der Waals surface area contributed by atoms with Crippen LogP contribution in [0, 0.1) is 5.92 Å². The summed E-state index contributed by atoms with van der Waals surface area (Å²) in [6.45, 7) is 10.2. The number of ketones is 1. The smallest absolute Gasteiger partial charge is 0.331 e. The molecule has 0 amide bonds. The Balaban J connectivity index is 0.000000886. The number of carboxylic acid groups (broad SMARTS) is 1. The van der Waals surface area contributed by atoms with Crippen molar-refractivity contribution < 1.29 is 62.9 Å². The second kappa shape index (κ2) is 32.3. The van der Waals surface area contributed by atoms with Gasteiger partial charge in [0.25, 0.3) is 0 Å². The van der Waals surface area contributed by atoms with Crippen molar-refractivity contribution in [2.45, 2.75) is 45.5 Å². The van der Waals surface area contributed by atoms with E-state index in [0.717, 1.165) is 19.3 Å². The fraction of sp³-hybridized carbons (Fsp3) is 0.571. The first kappa shape index (κ1) is 44.7. The van der Waals surface area contributed by atoms with Crippen LogP contribution in [0.2, 0.25) is 0 Å². The third kappa shape index (κ3) is 32.7. The van der Waals surface area contributed by atoms with E-state index in [1.807, 2.05) is 26.8 Å². The van der Waals surface area contributed by atoms with Crippen LogP contribution in [0.15, 0.2) is 72.9 Å². The van der Waals surface area contributed by atoms with Gasteiger partial charge in [0.05, 0.1) is 72.7 Å². The van der Waals surface area contributed by atoms with Gasteiger partial charge in [0, 0.05) is 31.1 Å². The van der Waals surface area contributed by atoms with Crippen molar-refractivity contribution in [3.63, 3.8) is 0 Å². The largest absolute Gasteiger partial charge is 0.478 e. The molecule has 13 nitrogen and oxygen atoms in total. The normalized spacial score (nSPS) is 18.3. The first-order valence-electron chi connectivity index (χ1n) is 15.9. The number of hydrogen-bond acceptors (Lipinski definition) is 12. The maximum absolute atomic E-state index is 11.7. The van der Waals surface area contributed by atoms with Crippen molar-refractivity contribution in [3.05, 3.63) is 72.9 Å². The van der Waals surface area contributed by atoms with Crippen LogP contribution in [0.5, 0.6) is 0 Å². The molecule has 0 bridgehead atoms. The average molecular weight is 683 g/mol. The highest BCUT2D eigenvalue weighted by Gasteiger charge is 2.23. The lowest BCUT2D eigenvalue weighted by atomic mass is 10.0. The molecule has 3 N–H and O–H groups in total. The molecule has 0 aromatic carbocycles. The van der Waals surface area contributed by atoms with Crippen LogP contribution in [-0.2, 0) is 47.5 Å². The molecule has 0 aromatic heterocycles. The highest BCUT2D eigenvalue weighted by Crippen LogP contribution is 2.09. The lowest BCUT2D eigenvalue weighted by molar-refractivity contribution is -0.149. The predicted molar refractivity (Wildman–Crippen MR) is 179 cm³/mol. The molecule has 2 saturated heterocycles. The molecule has 48 heavy (non-hydrogen) atoms. The molecule has 4 unspecified atom stereocenters. The molecule has 13 heteroatoms. The van der Waals surface area contributed by atoms with Gasteiger partial charge in [-0.15, -0.1) is 0 Å². The number of epoxide rings is 2. The van der Waals surface area contributed by atoms with E-state index in [-0.39, 0.29) is 57.8 Å². The van der Waals surface area contributed by atoms with Crippen LogP contribution in [-0.4, -0.2) is 131 Å². The third-order valence-electron chi connectivity index (χ3n) is 5.71. The molecule has 0 radical (unpaired) electrons.